The van der Waals surface area contributed by atoms with Gasteiger partial charge >= 0.3 is 0 Å². The van der Waals surface area contributed by atoms with Gasteiger partial charge in [-0.1, -0.05) is 0 Å². The predicted octanol–water partition coefficient (Wildman–Crippen LogP) is 4.84. The van der Waals surface area contributed by atoms with Crippen molar-refractivity contribution in [3.63, 3.8) is 0 Å². The summed E-state index contributed by atoms with van der Waals surface area (Å²) in [6.07, 6.45) is 5.05. The lowest BCUT2D eigenvalue weighted by atomic mass is 10.2. The fourth-order valence-electron chi connectivity index (χ4n) is 3.13. The Kier molecular flexibility index (Phi) is 5.53. The number of nitrogens with zero attached hydrogens (tertiary/aromatic N) is 1. The Balaban J connectivity index is 1.60. The van der Waals surface area contributed by atoms with E-state index in [1.807, 2.05) is 19.1 Å². The molecule has 5 heteroatoms. The molecule has 0 unspecified atom stereocenters. The van der Waals surface area contributed by atoms with E-state index in [1.54, 1.807) is 23.5 Å². The van der Waals surface area contributed by atoms with Crippen LogP contribution in [0.15, 0.2) is 35.4 Å². The molecule has 2 aromatic rings. The van der Waals surface area contributed by atoms with Crippen LogP contribution in [0.3, 0.4) is 0 Å². The molecule has 1 aromatic carbocycles. The number of aryl methyl sites for hydroxylation is 2. The number of carbonyl (C=O) groups excluding carboxylic acids is 1. The summed E-state index contributed by atoms with van der Waals surface area (Å²) in [5, 5.41) is 4.24. The third-order valence-electron chi connectivity index (χ3n) is 4.48. The van der Waals surface area contributed by atoms with Crippen LogP contribution in [0.1, 0.15) is 58.3 Å². The van der Waals surface area contributed by atoms with Gasteiger partial charge in [-0.25, -0.2) is 5.43 Å². The van der Waals surface area contributed by atoms with Crippen LogP contribution in [-0.4, -0.2) is 17.7 Å². The zero-order valence-corrected chi connectivity index (χ0v) is 15.8. The predicted molar refractivity (Wildman–Crippen MR) is 103 cm³/mol. The molecule has 0 aliphatic heterocycles. The third-order valence-corrected chi connectivity index (χ3v) is 5.44. The molecule has 3 rings (SSSR count). The van der Waals surface area contributed by atoms with Gasteiger partial charge in [-0.3, -0.25) is 4.79 Å². The third kappa shape index (κ3) is 4.48. The lowest BCUT2D eigenvalue weighted by Crippen LogP contribution is -2.19. The van der Waals surface area contributed by atoms with Crippen molar-refractivity contribution in [1.82, 2.24) is 5.43 Å². The Bertz CT molecular complexity index is 771. The molecular formula is C20H24N2O2S. The van der Waals surface area contributed by atoms with Crippen molar-refractivity contribution in [2.24, 2.45) is 5.10 Å². The van der Waals surface area contributed by atoms with Crippen molar-refractivity contribution < 1.29 is 9.53 Å². The number of benzene rings is 1. The largest absolute Gasteiger partial charge is 0.490 e. The highest BCUT2D eigenvalue weighted by Gasteiger charge is 2.16. The Labute approximate surface area is 152 Å². The minimum Gasteiger partial charge on any atom is -0.490 e. The fourth-order valence-corrected chi connectivity index (χ4v) is 4.11. The van der Waals surface area contributed by atoms with Crippen LogP contribution < -0.4 is 10.2 Å². The quantitative estimate of drug-likeness (QED) is 0.615. The second-order valence-corrected chi connectivity index (χ2v) is 7.97. The van der Waals surface area contributed by atoms with Gasteiger partial charge in [0, 0.05) is 20.9 Å². The lowest BCUT2D eigenvalue weighted by Gasteiger charge is -2.13. The summed E-state index contributed by atoms with van der Waals surface area (Å²) < 4.78 is 5.92. The smallest absolute Gasteiger partial charge is 0.271 e. The van der Waals surface area contributed by atoms with Crippen LogP contribution >= 0.6 is 11.3 Å². The van der Waals surface area contributed by atoms with Crippen LogP contribution in [0, 0.1) is 13.8 Å². The first-order chi connectivity index (χ1) is 12.0. The molecule has 0 atom stereocenters. The second kappa shape index (κ2) is 7.83. The van der Waals surface area contributed by atoms with Gasteiger partial charge in [-0.2, -0.15) is 5.10 Å². The molecule has 1 N–H and O–H groups in total. The monoisotopic (exact) mass is 356 g/mol. The fraction of sp³-hybridized carbons (Fsp3) is 0.400. The number of thiophene rings is 1. The highest BCUT2D eigenvalue weighted by Crippen LogP contribution is 2.24. The Morgan fingerprint density at radius 3 is 2.48 bits per heavy atom. The van der Waals surface area contributed by atoms with E-state index in [-0.39, 0.29) is 5.91 Å². The molecule has 25 heavy (non-hydrogen) atoms. The molecule has 1 heterocycles. The number of nitrogens with one attached hydrogen (secondary N) is 1. The Morgan fingerprint density at radius 2 is 1.88 bits per heavy atom. The van der Waals surface area contributed by atoms with E-state index in [2.05, 4.69) is 30.4 Å². The normalized spacial score (nSPS) is 15.4. The Hall–Kier alpha value is -2.14. The SMILES string of the molecule is C/C(=N/NC(=O)c1ccc(OC2CCCC2)cc1)c1cc(C)sc1C. The number of hydrazone groups is 1. The first kappa shape index (κ1) is 17.7. The first-order valence-corrected chi connectivity index (χ1v) is 9.53. The van der Waals surface area contributed by atoms with Crippen molar-refractivity contribution >= 4 is 23.0 Å². The van der Waals surface area contributed by atoms with Gasteiger partial charge in [0.25, 0.3) is 5.91 Å². The number of ether oxygens (including phenoxy) is 1. The average Bonchev–Trinajstić information content (AvgIpc) is 3.22. The van der Waals surface area contributed by atoms with Crippen molar-refractivity contribution in [2.75, 3.05) is 0 Å². The van der Waals surface area contributed by atoms with E-state index >= 15 is 0 Å². The average molecular weight is 356 g/mol. The minimum atomic E-state index is -0.212. The molecule has 1 amide bonds. The number of hydrogen-bond acceptors (Lipinski definition) is 4. The van der Waals surface area contributed by atoms with Crippen molar-refractivity contribution in [3.8, 4) is 5.75 Å². The molecule has 0 saturated heterocycles. The minimum absolute atomic E-state index is 0.212. The van der Waals surface area contributed by atoms with Crippen LogP contribution in [0.2, 0.25) is 0 Å². The van der Waals surface area contributed by atoms with Crippen molar-refractivity contribution in [2.45, 2.75) is 52.6 Å². The maximum atomic E-state index is 12.3. The van der Waals surface area contributed by atoms with Crippen LogP contribution in [0.5, 0.6) is 5.75 Å². The van der Waals surface area contributed by atoms with E-state index in [0.717, 1.165) is 29.9 Å². The van der Waals surface area contributed by atoms with Crippen LogP contribution in [0.25, 0.3) is 0 Å². The molecule has 1 aromatic heterocycles. The molecule has 0 bridgehead atoms. The van der Waals surface area contributed by atoms with E-state index in [1.165, 1.54) is 22.6 Å². The molecule has 1 aliphatic carbocycles. The van der Waals surface area contributed by atoms with Crippen LogP contribution in [0.4, 0.5) is 0 Å². The zero-order chi connectivity index (χ0) is 17.8. The van der Waals surface area contributed by atoms with Crippen molar-refractivity contribution in [3.05, 3.63) is 51.2 Å². The van der Waals surface area contributed by atoms with E-state index in [9.17, 15) is 4.79 Å². The summed E-state index contributed by atoms with van der Waals surface area (Å²) in [6.45, 7) is 6.05. The van der Waals surface area contributed by atoms with E-state index < -0.39 is 0 Å². The highest BCUT2D eigenvalue weighted by atomic mass is 32.1. The summed E-state index contributed by atoms with van der Waals surface area (Å²) in [4.78, 5) is 14.7. The zero-order valence-electron chi connectivity index (χ0n) is 15.0. The molecule has 0 spiro atoms. The molecule has 0 radical (unpaired) electrons. The molecule has 1 saturated carbocycles. The molecule has 132 valence electrons. The summed E-state index contributed by atoms with van der Waals surface area (Å²) in [5.41, 5.74) is 5.12. The molecule has 4 nitrogen and oxygen atoms in total. The van der Waals surface area contributed by atoms with Gasteiger partial charge in [0.1, 0.15) is 5.75 Å². The second-order valence-electron chi connectivity index (χ2n) is 6.51. The van der Waals surface area contributed by atoms with Gasteiger partial charge in [-0.15, -0.1) is 11.3 Å². The lowest BCUT2D eigenvalue weighted by molar-refractivity contribution is 0.0955. The number of carbonyl (C=O) groups is 1. The van der Waals surface area contributed by atoms with Crippen LogP contribution in [-0.2, 0) is 0 Å². The summed E-state index contributed by atoms with van der Waals surface area (Å²) >= 11 is 1.74. The molecular weight excluding hydrogens is 332 g/mol. The van der Waals surface area contributed by atoms with Gasteiger partial charge in [-0.05, 0) is 76.8 Å². The van der Waals surface area contributed by atoms with Gasteiger partial charge in [0.05, 0.1) is 11.8 Å². The molecule has 1 fully saturated rings. The maximum absolute atomic E-state index is 12.3. The van der Waals surface area contributed by atoms with Gasteiger partial charge in [0.2, 0.25) is 0 Å². The number of rotatable bonds is 5. The van der Waals surface area contributed by atoms with E-state index in [4.69, 9.17) is 4.74 Å². The van der Waals surface area contributed by atoms with Gasteiger partial charge in [0.15, 0.2) is 0 Å². The number of amides is 1. The first-order valence-electron chi connectivity index (χ1n) is 8.71. The summed E-state index contributed by atoms with van der Waals surface area (Å²) in [6, 6.07) is 9.38. The summed E-state index contributed by atoms with van der Waals surface area (Å²) in [7, 11) is 0. The maximum Gasteiger partial charge on any atom is 0.271 e. The standard InChI is InChI=1S/C20H24N2O2S/c1-13-12-19(15(3)25-13)14(2)21-22-20(23)16-8-10-18(11-9-16)24-17-6-4-5-7-17/h8-12,17H,4-7H2,1-3H3,(H,22,23)/b21-14-. The number of hydrogen-bond donors (Lipinski definition) is 1. The summed E-state index contributed by atoms with van der Waals surface area (Å²) in [5.74, 6) is 0.615. The van der Waals surface area contributed by atoms with E-state index in [0.29, 0.717) is 11.7 Å². The van der Waals surface area contributed by atoms with Gasteiger partial charge < -0.3 is 4.74 Å². The topological polar surface area (TPSA) is 50.7 Å². The Morgan fingerprint density at radius 1 is 1.20 bits per heavy atom. The molecule has 1 aliphatic rings. The highest BCUT2D eigenvalue weighted by molar-refractivity contribution is 7.12. The van der Waals surface area contributed by atoms with Crippen molar-refractivity contribution in [1.29, 1.82) is 0 Å².